The Balaban J connectivity index is 2.84. The fourth-order valence-corrected chi connectivity index (χ4v) is 2.03. The normalized spacial score (nSPS) is 13.9. The van der Waals surface area contributed by atoms with Gasteiger partial charge in [0.1, 0.15) is 0 Å². The maximum atomic E-state index is 6.25. The van der Waals surface area contributed by atoms with Crippen molar-refractivity contribution in [1.29, 1.82) is 0 Å². The van der Waals surface area contributed by atoms with Gasteiger partial charge in [0.05, 0.1) is 0 Å². The van der Waals surface area contributed by atoms with E-state index in [-0.39, 0.29) is 11.5 Å². The summed E-state index contributed by atoms with van der Waals surface area (Å²) < 4.78 is 0. The minimum absolute atomic E-state index is 0.0825. The minimum atomic E-state index is 0.0825. The Hall–Kier alpha value is -0.860. The van der Waals surface area contributed by atoms with E-state index in [4.69, 9.17) is 11.5 Å². The first kappa shape index (κ1) is 13.2. The topological polar surface area (TPSA) is 52.0 Å². The maximum absolute atomic E-state index is 6.25. The highest BCUT2D eigenvalue weighted by molar-refractivity contribution is 5.32. The summed E-state index contributed by atoms with van der Waals surface area (Å²) in [7, 11) is 0. The third-order valence-corrected chi connectivity index (χ3v) is 3.15. The molecule has 16 heavy (non-hydrogen) atoms. The molecule has 0 radical (unpaired) electrons. The van der Waals surface area contributed by atoms with E-state index in [1.54, 1.807) is 0 Å². The lowest BCUT2D eigenvalue weighted by Gasteiger charge is -2.27. The predicted molar refractivity (Wildman–Crippen MR) is 70.3 cm³/mol. The lowest BCUT2D eigenvalue weighted by Crippen LogP contribution is -2.28. The highest BCUT2D eigenvalue weighted by Gasteiger charge is 2.21. The molecule has 0 fully saturated rings. The van der Waals surface area contributed by atoms with Crippen LogP contribution in [0, 0.1) is 19.3 Å². The van der Waals surface area contributed by atoms with Gasteiger partial charge < -0.3 is 11.5 Å². The smallest absolute Gasteiger partial charge is 0.0303 e. The van der Waals surface area contributed by atoms with Crippen molar-refractivity contribution in [3.63, 3.8) is 0 Å². The molecule has 4 N–H and O–H groups in total. The van der Waals surface area contributed by atoms with Crippen molar-refractivity contribution in [2.24, 2.45) is 16.9 Å². The largest absolute Gasteiger partial charge is 0.330 e. The second kappa shape index (κ2) is 4.98. The van der Waals surface area contributed by atoms with Crippen LogP contribution in [0.2, 0.25) is 0 Å². The van der Waals surface area contributed by atoms with Crippen molar-refractivity contribution in [2.45, 2.75) is 40.2 Å². The van der Waals surface area contributed by atoms with Crippen molar-refractivity contribution in [3.05, 3.63) is 34.9 Å². The molecule has 0 aromatic heterocycles. The molecule has 0 saturated carbocycles. The summed E-state index contributed by atoms with van der Waals surface area (Å²) in [5.41, 5.74) is 15.9. The van der Waals surface area contributed by atoms with Crippen molar-refractivity contribution in [1.82, 2.24) is 0 Å². The quantitative estimate of drug-likeness (QED) is 0.819. The van der Waals surface area contributed by atoms with Gasteiger partial charge in [-0.1, -0.05) is 37.6 Å². The molecule has 1 aromatic rings. The molecule has 1 unspecified atom stereocenters. The fraction of sp³-hybridized carbons (Fsp3) is 0.571. The van der Waals surface area contributed by atoms with Crippen LogP contribution in [0.1, 0.15) is 43.0 Å². The van der Waals surface area contributed by atoms with Gasteiger partial charge in [0.25, 0.3) is 0 Å². The first-order valence-electron chi connectivity index (χ1n) is 5.88. The van der Waals surface area contributed by atoms with Crippen LogP contribution in [-0.2, 0) is 0 Å². The molecule has 0 spiro atoms. The molecular formula is C14H24N2. The van der Waals surface area contributed by atoms with Gasteiger partial charge in [-0.2, -0.15) is 0 Å². The molecule has 2 heteroatoms. The third kappa shape index (κ3) is 3.32. The Kier molecular flexibility index (Phi) is 4.11. The number of aryl methyl sites for hydroxylation is 2. The highest BCUT2D eigenvalue weighted by atomic mass is 14.7. The number of rotatable bonds is 4. The molecule has 0 saturated heterocycles. The summed E-state index contributed by atoms with van der Waals surface area (Å²) >= 11 is 0. The number of hydrogen-bond acceptors (Lipinski definition) is 2. The van der Waals surface area contributed by atoms with Crippen LogP contribution < -0.4 is 11.5 Å². The van der Waals surface area contributed by atoms with Crippen molar-refractivity contribution in [2.75, 3.05) is 6.54 Å². The zero-order chi connectivity index (χ0) is 12.3. The van der Waals surface area contributed by atoms with E-state index in [2.05, 4.69) is 45.9 Å². The summed E-state index contributed by atoms with van der Waals surface area (Å²) in [5.74, 6) is 0. The average molecular weight is 220 g/mol. The molecule has 1 atom stereocenters. The molecule has 2 nitrogen and oxygen atoms in total. The van der Waals surface area contributed by atoms with Crippen molar-refractivity contribution < 1.29 is 0 Å². The Morgan fingerprint density at radius 2 is 1.88 bits per heavy atom. The van der Waals surface area contributed by atoms with Gasteiger partial charge in [-0.25, -0.2) is 0 Å². The third-order valence-electron chi connectivity index (χ3n) is 3.15. The van der Waals surface area contributed by atoms with E-state index < -0.39 is 0 Å². The van der Waals surface area contributed by atoms with Crippen LogP contribution >= 0.6 is 0 Å². The molecule has 90 valence electrons. The lowest BCUT2D eigenvalue weighted by atomic mass is 9.83. The Bertz CT molecular complexity index is 356. The van der Waals surface area contributed by atoms with Crippen molar-refractivity contribution >= 4 is 0 Å². The summed E-state index contributed by atoms with van der Waals surface area (Å²) in [5, 5.41) is 0. The van der Waals surface area contributed by atoms with Gasteiger partial charge in [0.15, 0.2) is 0 Å². The van der Waals surface area contributed by atoms with Gasteiger partial charge in [-0.15, -0.1) is 0 Å². The van der Waals surface area contributed by atoms with Gasteiger partial charge in [-0.05, 0) is 43.4 Å². The summed E-state index contributed by atoms with van der Waals surface area (Å²) in [6, 6.07) is 6.53. The minimum Gasteiger partial charge on any atom is -0.330 e. The number of nitrogens with two attached hydrogens (primary N) is 2. The van der Waals surface area contributed by atoms with E-state index in [0.717, 1.165) is 6.42 Å². The maximum Gasteiger partial charge on any atom is 0.0303 e. The van der Waals surface area contributed by atoms with Crippen molar-refractivity contribution in [3.8, 4) is 0 Å². The summed E-state index contributed by atoms with van der Waals surface area (Å²) in [6.07, 6.45) is 0.924. The SMILES string of the molecule is Cc1ccc(C(N)CC(C)(C)CN)c(C)c1. The van der Waals surface area contributed by atoms with Gasteiger partial charge >= 0.3 is 0 Å². The van der Waals surface area contributed by atoms with Crippen LogP contribution in [0.5, 0.6) is 0 Å². The molecule has 0 aliphatic heterocycles. The number of benzene rings is 1. The molecule has 0 aliphatic rings. The lowest BCUT2D eigenvalue weighted by molar-refractivity contribution is 0.317. The molecule has 0 heterocycles. The number of hydrogen-bond donors (Lipinski definition) is 2. The monoisotopic (exact) mass is 220 g/mol. The molecule has 0 aliphatic carbocycles. The van der Waals surface area contributed by atoms with E-state index >= 15 is 0 Å². The molecule has 0 bridgehead atoms. The first-order valence-corrected chi connectivity index (χ1v) is 5.88. The first-order chi connectivity index (χ1) is 7.35. The standard InChI is InChI=1S/C14H24N2/c1-10-5-6-12(11(2)7-10)13(16)8-14(3,4)9-15/h5-7,13H,8-9,15-16H2,1-4H3. The Labute approximate surface area is 99.0 Å². The predicted octanol–water partition coefficient (Wildman–Crippen LogP) is 2.68. The van der Waals surface area contributed by atoms with Gasteiger partial charge in [-0.3, -0.25) is 0 Å². The van der Waals surface area contributed by atoms with Gasteiger partial charge in [0, 0.05) is 6.04 Å². The zero-order valence-corrected chi connectivity index (χ0v) is 10.9. The highest BCUT2D eigenvalue weighted by Crippen LogP contribution is 2.29. The zero-order valence-electron chi connectivity index (χ0n) is 10.9. The molecular weight excluding hydrogens is 196 g/mol. The van der Waals surface area contributed by atoms with Crippen LogP contribution in [0.25, 0.3) is 0 Å². The summed E-state index contributed by atoms with van der Waals surface area (Å²) in [4.78, 5) is 0. The van der Waals surface area contributed by atoms with Crippen LogP contribution in [-0.4, -0.2) is 6.54 Å². The van der Waals surface area contributed by atoms with Crippen LogP contribution in [0.4, 0.5) is 0 Å². The fourth-order valence-electron chi connectivity index (χ4n) is 2.03. The Morgan fingerprint density at radius 3 is 2.38 bits per heavy atom. The van der Waals surface area contributed by atoms with E-state index in [0.29, 0.717) is 6.54 Å². The van der Waals surface area contributed by atoms with E-state index in [1.165, 1.54) is 16.7 Å². The summed E-state index contributed by atoms with van der Waals surface area (Å²) in [6.45, 7) is 9.22. The molecule has 1 rings (SSSR count). The average Bonchev–Trinajstić information content (AvgIpc) is 2.16. The van der Waals surface area contributed by atoms with E-state index in [9.17, 15) is 0 Å². The second-order valence-electron chi connectivity index (χ2n) is 5.54. The molecule has 0 amide bonds. The van der Waals surface area contributed by atoms with Gasteiger partial charge in [0.2, 0.25) is 0 Å². The van der Waals surface area contributed by atoms with Crippen LogP contribution in [0.3, 0.4) is 0 Å². The molecule has 1 aromatic carbocycles. The van der Waals surface area contributed by atoms with Crippen LogP contribution in [0.15, 0.2) is 18.2 Å². The van der Waals surface area contributed by atoms with E-state index in [1.807, 2.05) is 0 Å². The second-order valence-corrected chi connectivity index (χ2v) is 5.54. The Morgan fingerprint density at radius 1 is 1.25 bits per heavy atom.